The number of aliphatic hydroxyl groups is 1. The number of amides is 3. The molecule has 0 aromatic heterocycles. The molecule has 30 heavy (non-hydrogen) atoms. The summed E-state index contributed by atoms with van der Waals surface area (Å²) in [6, 6.07) is -1.15. The summed E-state index contributed by atoms with van der Waals surface area (Å²) in [5.41, 5.74) is 0. The normalized spacial score (nSPS) is 30.0. The molecule has 0 bridgehead atoms. The Morgan fingerprint density at radius 3 is 2.47 bits per heavy atom. The third kappa shape index (κ3) is 4.71. The number of allylic oxidation sites excluding steroid dienone is 1. The van der Waals surface area contributed by atoms with Gasteiger partial charge in [0.2, 0.25) is 17.7 Å². The molecule has 7 atom stereocenters. The molecular formula is C23H39N3O4. The maximum Gasteiger partial charge on any atom is 0.243 e. The van der Waals surface area contributed by atoms with Crippen LogP contribution in [-0.2, 0) is 14.4 Å². The Labute approximate surface area is 180 Å². The average Bonchev–Trinajstić information content (AvgIpc) is 3.03. The highest BCUT2D eigenvalue weighted by molar-refractivity contribution is 5.97. The average molecular weight is 422 g/mol. The van der Waals surface area contributed by atoms with Crippen molar-refractivity contribution in [1.82, 2.24) is 15.5 Å². The van der Waals surface area contributed by atoms with Crippen LogP contribution in [0.4, 0.5) is 0 Å². The maximum atomic E-state index is 13.6. The Bertz CT molecular complexity index is 650. The molecule has 0 aromatic rings. The van der Waals surface area contributed by atoms with E-state index in [1.54, 1.807) is 11.9 Å². The lowest BCUT2D eigenvalue weighted by Gasteiger charge is -2.36. The largest absolute Gasteiger partial charge is 0.394 e. The smallest absolute Gasteiger partial charge is 0.243 e. The molecular weight excluding hydrogens is 382 g/mol. The molecule has 7 nitrogen and oxygen atoms in total. The van der Waals surface area contributed by atoms with Crippen LogP contribution in [0.15, 0.2) is 12.2 Å². The second kappa shape index (κ2) is 10.9. The molecule has 0 aromatic carbocycles. The van der Waals surface area contributed by atoms with Crippen molar-refractivity contribution in [2.75, 3.05) is 20.2 Å². The number of fused-ring (bicyclic) bond motifs is 1. The zero-order valence-corrected chi connectivity index (χ0v) is 19.1. The third-order valence-corrected chi connectivity index (χ3v) is 6.95. The van der Waals surface area contributed by atoms with Crippen LogP contribution in [-0.4, -0.2) is 60.0 Å². The van der Waals surface area contributed by atoms with E-state index in [1.165, 1.54) is 0 Å². The van der Waals surface area contributed by atoms with Gasteiger partial charge in [-0.25, -0.2) is 0 Å². The van der Waals surface area contributed by atoms with E-state index in [-0.39, 0.29) is 42.1 Å². The molecule has 1 heterocycles. The number of hydrogen-bond acceptors (Lipinski definition) is 4. The standard InChI is InChI=1S/C23H39N3O4/c1-6-8-9-12-25-22(29)20-16-11-10-15(4)18(21(28)24-5)19(16)23(30)26(20)17(13-27)14(3)7-2/h10-11,14-20,27H,6-9,12-13H2,1-5H3,(H,24,28)(H,25,29)/t14-,15+,16-,17-,18+,19-,20-/m0/s1. The van der Waals surface area contributed by atoms with Crippen molar-refractivity contribution in [3.63, 3.8) is 0 Å². The molecule has 3 amide bonds. The summed E-state index contributed by atoms with van der Waals surface area (Å²) >= 11 is 0. The molecule has 1 saturated heterocycles. The van der Waals surface area contributed by atoms with E-state index in [9.17, 15) is 19.5 Å². The van der Waals surface area contributed by atoms with Gasteiger partial charge < -0.3 is 20.6 Å². The second-order valence-corrected chi connectivity index (χ2v) is 8.81. The van der Waals surface area contributed by atoms with Crippen LogP contribution in [0.3, 0.4) is 0 Å². The monoisotopic (exact) mass is 421 g/mol. The molecule has 1 aliphatic heterocycles. The minimum atomic E-state index is -0.703. The van der Waals surface area contributed by atoms with Gasteiger partial charge in [-0.05, 0) is 18.3 Å². The van der Waals surface area contributed by atoms with E-state index >= 15 is 0 Å². The van der Waals surface area contributed by atoms with E-state index in [2.05, 4.69) is 17.6 Å². The Morgan fingerprint density at radius 2 is 1.90 bits per heavy atom. The minimum absolute atomic E-state index is 0.0364. The van der Waals surface area contributed by atoms with Crippen molar-refractivity contribution < 1.29 is 19.5 Å². The second-order valence-electron chi connectivity index (χ2n) is 8.81. The van der Waals surface area contributed by atoms with E-state index in [1.807, 2.05) is 32.9 Å². The van der Waals surface area contributed by atoms with E-state index in [0.717, 1.165) is 25.7 Å². The van der Waals surface area contributed by atoms with Gasteiger partial charge in [0.05, 0.1) is 24.5 Å². The number of aliphatic hydroxyl groups excluding tert-OH is 1. The van der Waals surface area contributed by atoms with Crippen LogP contribution in [0.25, 0.3) is 0 Å². The number of nitrogens with zero attached hydrogens (tertiary/aromatic N) is 1. The molecule has 2 rings (SSSR count). The number of hydrogen-bond donors (Lipinski definition) is 3. The minimum Gasteiger partial charge on any atom is -0.394 e. The molecule has 1 fully saturated rings. The summed E-state index contributed by atoms with van der Waals surface area (Å²) in [6.07, 6.45) is 7.64. The molecule has 1 aliphatic carbocycles. The van der Waals surface area contributed by atoms with Gasteiger partial charge in [-0.3, -0.25) is 14.4 Å². The van der Waals surface area contributed by atoms with Gasteiger partial charge in [0.15, 0.2) is 0 Å². The van der Waals surface area contributed by atoms with Crippen LogP contribution in [0.1, 0.15) is 53.4 Å². The van der Waals surface area contributed by atoms with Crippen molar-refractivity contribution in [2.45, 2.75) is 65.5 Å². The molecule has 0 radical (unpaired) electrons. The number of carbonyl (C=O) groups excluding carboxylic acids is 3. The predicted molar refractivity (Wildman–Crippen MR) is 116 cm³/mol. The molecule has 0 spiro atoms. The molecule has 0 unspecified atom stereocenters. The first-order valence-corrected chi connectivity index (χ1v) is 11.4. The molecule has 7 heteroatoms. The fourth-order valence-corrected chi connectivity index (χ4v) is 4.97. The third-order valence-electron chi connectivity index (χ3n) is 6.95. The van der Waals surface area contributed by atoms with Crippen LogP contribution in [0.5, 0.6) is 0 Å². The van der Waals surface area contributed by atoms with Crippen molar-refractivity contribution in [3.05, 3.63) is 12.2 Å². The highest BCUT2D eigenvalue weighted by Crippen LogP contribution is 2.45. The lowest BCUT2D eigenvalue weighted by molar-refractivity contribution is -0.144. The zero-order chi connectivity index (χ0) is 22.4. The van der Waals surface area contributed by atoms with Crippen molar-refractivity contribution >= 4 is 17.7 Å². The summed E-state index contributed by atoms with van der Waals surface area (Å²) in [4.78, 5) is 41.2. The van der Waals surface area contributed by atoms with Crippen LogP contribution < -0.4 is 10.6 Å². The fourth-order valence-electron chi connectivity index (χ4n) is 4.97. The van der Waals surface area contributed by atoms with Crippen molar-refractivity contribution in [1.29, 1.82) is 0 Å². The first-order chi connectivity index (χ1) is 14.3. The fraction of sp³-hybridized carbons (Fsp3) is 0.783. The first kappa shape index (κ1) is 24.4. The Balaban J connectivity index is 2.42. The highest BCUT2D eigenvalue weighted by Gasteiger charge is 2.58. The summed E-state index contributed by atoms with van der Waals surface area (Å²) in [7, 11) is 1.58. The van der Waals surface area contributed by atoms with Gasteiger partial charge in [0, 0.05) is 19.5 Å². The van der Waals surface area contributed by atoms with Gasteiger partial charge >= 0.3 is 0 Å². The first-order valence-electron chi connectivity index (χ1n) is 11.4. The lowest BCUT2D eigenvalue weighted by Crippen LogP contribution is -2.54. The Kier molecular flexibility index (Phi) is 8.89. The molecule has 2 aliphatic rings. The summed E-state index contributed by atoms with van der Waals surface area (Å²) in [6.45, 7) is 8.39. The highest BCUT2D eigenvalue weighted by atomic mass is 16.3. The van der Waals surface area contributed by atoms with E-state index < -0.39 is 23.9 Å². The molecule has 170 valence electrons. The van der Waals surface area contributed by atoms with Crippen LogP contribution >= 0.6 is 0 Å². The van der Waals surface area contributed by atoms with Crippen LogP contribution in [0.2, 0.25) is 0 Å². The van der Waals surface area contributed by atoms with Gasteiger partial charge in [-0.15, -0.1) is 0 Å². The van der Waals surface area contributed by atoms with Crippen molar-refractivity contribution in [2.24, 2.45) is 29.6 Å². The number of nitrogens with one attached hydrogen (secondary N) is 2. The van der Waals surface area contributed by atoms with Gasteiger partial charge in [0.1, 0.15) is 6.04 Å². The number of likely N-dealkylation sites (tertiary alicyclic amines) is 1. The van der Waals surface area contributed by atoms with Gasteiger partial charge in [-0.1, -0.05) is 59.1 Å². The Hall–Kier alpha value is -1.89. The molecule has 0 saturated carbocycles. The topological polar surface area (TPSA) is 98.7 Å². The molecule has 3 N–H and O–H groups in total. The maximum absolute atomic E-state index is 13.6. The van der Waals surface area contributed by atoms with Crippen LogP contribution in [0, 0.1) is 29.6 Å². The summed E-state index contributed by atoms with van der Waals surface area (Å²) in [5, 5.41) is 15.8. The zero-order valence-electron chi connectivity index (χ0n) is 19.1. The SMILES string of the molecule is CCCCCNC(=O)[C@@H]1[C@H]2C=C[C@@H](C)[C@@H](C(=O)NC)[C@H]2C(=O)N1[C@@H](CO)[C@@H](C)CC. The lowest BCUT2D eigenvalue weighted by atomic mass is 9.70. The van der Waals surface area contributed by atoms with Crippen molar-refractivity contribution in [3.8, 4) is 0 Å². The predicted octanol–water partition coefficient (Wildman–Crippen LogP) is 1.71. The summed E-state index contributed by atoms with van der Waals surface area (Å²) < 4.78 is 0. The van der Waals surface area contributed by atoms with Gasteiger partial charge in [-0.2, -0.15) is 0 Å². The van der Waals surface area contributed by atoms with E-state index in [0.29, 0.717) is 6.54 Å². The Morgan fingerprint density at radius 1 is 1.20 bits per heavy atom. The van der Waals surface area contributed by atoms with E-state index in [4.69, 9.17) is 0 Å². The quantitative estimate of drug-likeness (QED) is 0.369. The number of rotatable bonds is 10. The van der Waals surface area contributed by atoms with Gasteiger partial charge in [0.25, 0.3) is 0 Å². The number of carbonyl (C=O) groups is 3. The number of unbranched alkanes of at least 4 members (excludes halogenated alkanes) is 2. The summed E-state index contributed by atoms with van der Waals surface area (Å²) in [5.74, 6) is -2.11.